The van der Waals surface area contributed by atoms with Crippen LogP contribution in [0.1, 0.15) is 29.5 Å². The molecule has 4 rings (SSSR count). The number of furan rings is 1. The van der Waals surface area contributed by atoms with Crippen LogP contribution in [0.25, 0.3) is 17.4 Å². The Bertz CT molecular complexity index is 1230. The minimum Gasteiger partial charge on any atom is -0.497 e. The van der Waals surface area contributed by atoms with Crippen LogP contribution in [0.4, 0.5) is 5.69 Å². The Kier molecular flexibility index (Phi) is 6.65. The second kappa shape index (κ2) is 9.79. The van der Waals surface area contributed by atoms with Crippen molar-refractivity contribution in [1.82, 2.24) is 4.90 Å². The largest absolute Gasteiger partial charge is 0.497 e. The molecule has 1 saturated heterocycles. The Morgan fingerprint density at radius 3 is 2.48 bits per heavy atom. The maximum Gasteiger partial charge on any atom is 0.335 e. The van der Waals surface area contributed by atoms with Crippen LogP contribution in [0.3, 0.4) is 0 Å². The van der Waals surface area contributed by atoms with E-state index in [4.69, 9.17) is 14.3 Å². The molecule has 7 nitrogen and oxygen atoms in total. The molecule has 0 bridgehead atoms. The van der Waals surface area contributed by atoms with Crippen LogP contribution in [0.5, 0.6) is 5.75 Å². The molecule has 0 spiro atoms. The van der Waals surface area contributed by atoms with Crippen molar-refractivity contribution in [3.8, 4) is 17.1 Å². The predicted molar refractivity (Wildman–Crippen MR) is 129 cm³/mol. The number of aliphatic imine (C=N–C) groups is 1. The second-order valence-electron chi connectivity index (χ2n) is 7.24. The molecule has 3 aromatic rings. The summed E-state index contributed by atoms with van der Waals surface area (Å²) >= 11 is 1.31. The standard InChI is InChI=1S/C25H22N2O5S/c1-3-14-27-23(28)22(33-25(27)26-18-8-10-19(31-2)11-9-18)15-20-12-13-21(32-20)16-4-6-17(7-5-16)24(29)30/h4-13,15H,3,14H2,1-2H3,(H,29,30)/b22-15-,26-25?. The van der Waals surface area contributed by atoms with E-state index in [2.05, 4.69) is 4.99 Å². The molecule has 1 fully saturated rings. The van der Waals surface area contributed by atoms with E-state index >= 15 is 0 Å². The molecule has 1 aromatic heterocycles. The lowest BCUT2D eigenvalue weighted by molar-refractivity contribution is -0.122. The zero-order chi connectivity index (χ0) is 23.4. The van der Waals surface area contributed by atoms with Crippen molar-refractivity contribution in [3.05, 3.63) is 76.9 Å². The fourth-order valence-electron chi connectivity index (χ4n) is 3.27. The first kappa shape index (κ1) is 22.4. The first-order chi connectivity index (χ1) is 16.0. The fourth-order valence-corrected chi connectivity index (χ4v) is 4.28. The van der Waals surface area contributed by atoms with E-state index in [1.807, 2.05) is 31.2 Å². The third-order valence-corrected chi connectivity index (χ3v) is 5.96. The van der Waals surface area contributed by atoms with Crippen molar-refractivity contribution in [2.75, 3.05) is 13.7 Å². The number of methoxy groups -OCH3 is 1. The topological polar surface area (TPSA) is 92.3 Å². The molecule has 1 aliphatic rings. The number of benzene rings is 2. The van der Waals surface area contributed by atoms with Crippen LogP contribution >= 0.6 is 11.8 Å². The van der Waals surface area contributed by atoms with E-state index < -0.39 is 5.97 Å². The van der Waals surface area contributed by atoms with Crippen LogP contribution in [0.2, 0.25) is 0 Å². The van der Waals surface area contributed by atoms with Gasteiger partial charge in [-0.25, -0.2) is 9.79 Å². The zero-order valence-corrected chi connectivity index (χ0v) is 19.0. The molecule has 1 N–H and O–H groups in total. The Hall–Kier alpha value is -3.78. The van der Waals surface area contributed by atoms with Crippen LogP contribution in [-0.2, 0) is 4.79 Å². The first-order valence-electron chi connectivity index (χ1n) is 10.4. The predicted octanol–water partition coefficient (Wildman–Crippen LogP) is 5.67. The van der Waals surface area contributed by atoms with Crippen LogP contribution in [0.15, 0.2) is 75.0 Å². The first-order valence-corrected chi connectivity index (χ1v) is 11.2. The number of amidine groups is 1. The van der Waals surface area contributed by atoms with E-state index in [-0.39, 0.29) is 11.5 Å². The quantitative estimate of drug-likeness (QED) is 0.455. The SMILES string of the molecule is CCCN1C(=O)/C(=C/c2ccc(-c3ccc(C(=O)O)cc3)o2)SC1=Nc1ccc(OC)cc1. The highest BCUT2D eigenvalue weighted by Crippen LogP contribution is 2.35. The number of hydrogen-bond acceptors (Lipinski definition) is 6. The highest BCUT2D eigenvalue weighted by molar-refractivity contribution is 8.18. The number of thioether (sulfide) groups is 1. The number of nitrogens with zero attached hydrogens (tertiary/aromatic N) is 2. The Morgan fingerprint density at radius 1 is 1.12 bits per heavy atom. The van der Waals surface area contributed by atoms with Gasteiger partial charge in [-0.2, -0.15) is 0 Å². The monoisotopic (exact) mass is 462 g/mol. The second-order valence-corrected chi connectivity index (χ2v) is 8.25. The maximum absolute atomic E-state index is 13.0. The smallest absolute Gasteiger partial charge is 0.335 e. The summed E-state index contributed by atoms with van der Waals surface area (Å²) in [7, 11) is 1.61. The Labute approximate surface area is 195 Å². The molecule has 0 saturated carbocycles. The molecule has 1 aliphatic heterocycles. The lowest BCUT2D eigenvalue weighted by Gasteiger charge is -2.13. The molecule has 0 radical (unpaired) electrons. The van der Waals surface area contributed by atoms with Gasteiger partial charge in [0.15, 0.2) is 5.17 Å². The number of amides is 1. The summed E-state index contributed by atoms with van der Waals surface area (Å²) in [6.45, 7) is 2.58. The number of carbonyl (C=O) groups excluding carboxylic acids is 1. The lowest BCUT2D eigenvalue weighted by Crippen LogP contribution is -2.29. The number of carboxylic acid groups (broad SMARTS) is 1. The summed E-state index contributed by atoms with van der Waals surface area (Å²) in [6.07, 6.45) is 2.51. The summed E-state index contributed by atoms with van der Waals surface area (Å²) in [5, 5.41) is 9.67. The maximum atomic E-state index is 13.0. The van der Waals surface area contributed by atoms with E-state index in [0.717, 1.165) is 23.4 Å². The van der Waals surface area contributed by atoms with Gasteiger partial charge < -0.3 is 14.3 Å². The average Bonchev–Trinajstić information content (AvgIpc) is 3.40. The van der Waals surface area contributed by atoms with E-state index in [1.165, 1.54) is 23.9 Å². The third-order valence-electron chi connectivity index (χ3n) is 4.95. The lowest BCUT2D eigenvalue weighted by atomic mass is 10.1. The van der Waals surface area contributed by atoms with Gasteiger partial charge in [0.2, 0.25) is 0 Å². The van der Waals surface area contributed by atoms with Crippen molar-refractivity contribution in [1.29, 1.82) is 0 Å². The molecule has 168 valence electrons. The molecule has 0 unspecified atom stereocenters. The van der Waals surface area contributed by atoms with Crippen molar-refractivity contribution in [3.63, 3.8) is 0 Å². The molecular weight excluding hydrogens is 440 g/mol. The molecule has 33 heavy (non-hydrogen) atoms. The number of rotatable bonds is 7. The number of carbonyl (C=O) groups is 2. The zero-order valence-electron chi connectivity index (χ0n) is 18.1. The molecule has 2 heterocycles. The van der Waals surface area contributed by atoms with Gasteiger partial charge in [-0.1, -0.05) is 19.1 Å². The average molecular weight is 463 g/mol. The van der Waals surface area contributed by atoms with Gasteiger partial charge in [0.25, 0.3) is 5.91 Å². The molecule has 0 aliphatic carbocycles. The normalized spacial score (nSPS) is 16.1. The minimum atomic E-state index is -0.980. The summed E-state index contributed by atoms with van der Waals surface area (Å²) in [6, 6.07) is 17.4. The van der Waals surface area contributed by atoms with Crippen LogP contribution < -0.4 is 4.74 Å². The van der Waals surface area contributed by atoms with Gasteiger partial charge in [0, 0.05) is 18.2 Å². The number of hydrogen-bond donors (Lipinski definition) is 1. The number of aromatic carboxylic acids is 1. The van der Waals surface area contributed by atoms with E-state index in [9.17, 15) is 9.59 Å². The number of ether oxygens (including phenoxy) is 1. The van der Waals surface area contributed by atoms with E-state index in [1.54, 1.807) is 42.4 Å². The van der Waals surface area contributed by atoms with Gasteiger partial charge >= 0.3 is 5.97 Å². The molecular formula is C25H22N2O5S. The molecule has 0 atom stereocenters. The summed E-state index contributed by atoms with van der Waals surface area (Å²) in [5.41, 5.74) is 1.70. The van der Waals surface area contributed by atoms with Crippen molar-refractivity contribution < 1.29 is 23.8 Å². The molecule has 2 aromatic carbocycles. The fraction of sp³-hybridized carbons (Fsp3) is 0.160. The van der Waals surface area contributed by atoms with E-state index in [0.29, 0.717) is 28.1 Å². The van der Waals surface area contributed by atoms with Gasteiger partial charge in [-0.3, -0.25) is 9.69 Å². The van der Waals surface area contributed by atoms with Gasteiger partial charge in [0.1, 0.15) is 17.3 Å². The van der Waals surface area contributed by atoms with Gasteiger partial charge in [-0.05, 0) is 66.7 Å². The molecule has 8 heteroatoms. The minimum absolute atomic E-state index is 0.113. The van der Waals surface area contributed by atoms with Crippen molar-refractivity contribution in [2.45, 2.75) is 13.3 Å². The van der Waals surface area contributed by atoms with Gasteiger partial charge in [0.05, 0.1) is 23.3 Å². The van der Waals surface area contributed by atoms with Crippen molar-refractivity contribution in [2.24, 2.45) is 4.99 Å². The third kappa shape index (κ3) is 5.01. The summed E-state index contributed by atoms with van der Waals surface area (Å²) in [5.74, 6) is 0.771. The van der Waals surface area contributed by atoms with Crippen molar-refractivity contribution >= 4 is 40.6 Å². The molecule has 1 amide bonds. The van der Waals surface area contributed by atoms with Gasteiger partial charge in [-0.15, -0.1) is 0 Å². The summed E-state index contributed by atoms with van der Waals surface area (Å²) < 4.78 is 11.1. The highest BCUT2D eigenvalue weighted by Gasteiger charge is 2.33. The highest BCUT2D eigenvalue weighted by atomic mass is 32.2. The van der Waals surface area contributed by atoms with Crippen LogP contribution in [-0.4, -0.2) is 40.7 Å². The summed E-state index contributed by atoms with van der Waals surface area (Å²) in [4.78, 5) is 30.9. The Balaban J connectivity index is 1.58. The Morgan fingerprint density at radius 2 is 1.85 bits per heavy atom. The van der Waals surface area contributed by atoms with Crippen LogP contribution in [0, 0.1) is 0 Å². The number of carboxylic acids is 1.